The van der Waals surface area contributed by atoms with Crippen molar-refractivity contribution < 1.29 is 4.79 Å². The average Bonchev–Trinajstić information content (AvgIpc) is 3.07. The molecule has 1 aromatic heterocycles. The molecule has 126 valence electrons. The van der Waals surface area contributed by atoms with Crippen molar-refractivity contribution in [2.75, 3.05) is 5.32 Å². The van der Waals surface area contributed by atoms with Crippen LogP contribution in [0.1, 0.15) is 29.8 Å². The molecule has 2 aromatic carbocycles. The van der Waals surface area contributed by atoms with E-state index < -0.39 is 0 Å². The zero-order valence-corrected chi connectivity index (χ0v) is 14.4. The van der Waals surface area contributed by atoms with Crippen molar-refractivity contribution in [3.05, 3.63) is 83.7 Å². The number of fused-ring (bicyclic) bond motifs is 3. The molecule has 2 heterocycles. The van der Waals surface area contributed by atoms with Crippen molar-refractivity contribution in [2.24, 2.45) is 0 Å². The van der Waals surface area contributed by atoms with Crippen molar-refractivity contribution in [2.45, 2.75) is 26.4 Å². The van der Waals surface area contributed by atoms with Crippen LogP contribution in [0.15, 0.2) is 66.9 Å². The molecule has 0 spiro atoms. The van der Waals surface area contributed by atoms with Crippen LogP contribution in [-0.4, -0.2) is 15.5 Å². The van der Waals surface area contributed by atoms with Gasteiger partial charge in [0.25, 0.3) is 0 Å². The Kier molecular flexibility index (Phi) is 3.80. The number of para-hydroxylation sites is 1. The van der Waals surface area contributed by atoms with Crippen molar-refractivity contribution in [1.82, 2.24) is 9.47 Å². The van der Waals surface area contributed by atoms with Crippen LogP contribution >= 0.6 is 0 Å². The van der Waals surface area contributed by atoms with Gasteiger partial charge in [-0.25, -0.2) is 4.79 Å². The Bertz CT molecular complexity index is 911. The molecular weight excluding hydrogens is 310 g/mol. The fourth-order valence-electron chi connectivity index (χ4n) is 3.39. The predicted molar refractivity (Wildman–Crippen MR) is 99.9 cm³/mol. The van der Waals surface area contributed by atoms with Gasteiger partial charge in [-0.15, -0.1) is 0 Å². The first-order valence-corrected chi connectivity index (χ1v) is 8.53. The lowest BCUT2D eigenvalue weighted by Crippen LogP contribution is -2.36. The van der Waals surface area contributed by atoms with E-state index in [-0.39, 0.29) is 12.1 Å². The van der Waals surface area contributed by atoms with Crippen LogP contribution in [0.2, 0.25) is 0 Å². The molecule has 0 bridgehead atoms. The molecule has 3 aromatic rings. The number of aromatic nitrogens is 1. The summed E-state index contributed by atoms with van der Waals surface area (Å²) in [6, 6.07) is 20.1. The Morgan fingerprint density at radius 3 is 2.60 bits per heavy atom. The molecule has 0 saturated carbocycles. The second-order valence-electron chi connectivity index (χ2n) is 6.53. The van der Waals surface area contributed by atoms with Gasteiger partial charge in [0.2, 0.25) is 0 Å². The van der Waals surface area contributed by atoms with Gasteiger partial charge < -0.3 is 14.8 Å². The van der Waals surface area contributed by atoms with Crippen LogP contribution in [-0.2, 0) is 6.54 Å². The number of carbonyl (C=O) groups is 1. The minimum absolute atomic E-state index is 0.0205. The third-order valence-electron chi connectivity index (χ3n) is 4.83. The average molecular weight is 331 g/mol. The van der Waals surface area contributed by atoms with E-state index >= 15 is 0 Å². The van der Waals surface area contributed by atoms with E-state index in [0.29, 0.717) is 6.54 Å². The lowest BCUT2D eigenvalue weighted by atomic mass is 10.1. The molecule has 4 heteroatoms. The number of aryl methyl sites for hydroxylation is 1. The number of benzene rings is 2. The number of rotatable bonds is 1. The van der Waals surface area contributed by atoms with Crippen molar-refractivity contribution in [3.63, 3.8) is 0 Å². The zero-order chi connectivity index (χ0) is 17.4. The SMILES string of the molecule is Cc1ccc(NC(=O)N2Cc3ccccc3-n3cccc3C2C)cc1. The minimum Gasteiger partial charge on any atom is -0.318 e. The fraction of sp³-hybridized carbons (Fsp3) is 0.190. The van der Waals surface area contributed by atoms with Crippen LogP contribution in [0.25, 0.3) is 5.69 Å². The summed E-state index contributed by atoms with van der Waals surface area (Å²) in [5, 5.41) is 3.03. The fourth-order valence-corrected chi connectivity index (χ4v) is 3.39. The summed E-state index contributed by atoms with van der Waals surface area (Å²) in [6.07, 6.45) is 2.06. The van der Waals surface area contributed by atoms with Crippen LogP contribution in [0.5, 0.6) is 0 Å². The van der Waals surface area contributed by atoms with Gasteiger partial charge >= 0.3 is 6.03 Å². The van der Waals surface area contributed by atoms with Gasteiger partial charge in [-0.05, 0) is 49.7 Å². The summed E-state index contributed by atoms with van der Waals surface area (Å²) in [7, 11) is 0. The number of hydrogen-bond donors (Lipinski definition) is 1. The maximum atomic E-state index is 13.0. The molecule has 1 N–H and O–H groups in total. The molecule has 4 rings (SSSR count). The largest absolute Gasteiger partial charge is 0.322 e. The molecular formula is C21H21N3O. The van der Waals surface area contributed by atoms with Crippen LogP contribution in [0.4, 0.5) is 10.5 Å². The first-order chi connectivity index (χ1) is 12.1. The Morgan fingerprint density at radius 2 is 1.80 bits per heavy atom. The number of nitrogens with zero attached hydrogens (tertiary/aromatic N) is 2. The minimum atomic E-state index is -0.0826. The number of hydrogen-bond acceptors (Lipinski definition) is 1. The summed E-state index contributed by atoms with van der Waals surface area (Å²) in [5.41, 5.74) is 5.39. The Labute approximate surface area is 147 Å². The number of urea groups is 1. The monoisotopic (exact) mass is 331 g/mol. The topological polar surface area (TPSA) is 37.3 Å². The third-order valence-corrected chi connectivity index (χ3v) is 4.83. The number of anilines is 1. The van der Waals surface area contributed by atoms with Gasteiger partial charge in [0, 0.05) is 17.6 Å². The van der Waals surface area contributed by atoms with E-state index in [4.69, 9.17) is 0 Å². The lowest BCUT2D eigenvalue weighted by Gasteiger charge is -2.27. The van der Waals surface area contributed by atoms with Crippen LogP contribution in [0.3, 0.4) is 0 Å². The molecule has 25 heavy (non-hydrogen) atoms. The molecule has 0 saturated heterocycles. The smallest absolute Gasteiger partial charge is 0.318 e. The molecule has 1 unspecified atom stereocenters. The highest BCUT2D eigenvalue weighted by molar-refractivity contribution is 5.89. The highest BCUT2D eigenvalue weighted by atomic mass is 16.2. The van der Waals surface area contributed by atoms with Crippen LogP contribution in [0, 0.1) is 6.92 Å². The summed E-state index contributed by atoms with van der Waals surface area (Å²) >= 11 is 0. The van der Waals surface area contributed by atoms with Gasteiger partial charge in [0.1, 0.15) is 0 Å². The van der Waals surface area contributed by atoms with Gasteiger partial charge in [-0.2, -0.15) is 0 Å². The summed E-state index contributed by atoms with van der Waals surface area (Å²) < 4.78 is 2.18. The molecule has 4 nitrogen and oxygen atoms in total. The standard InChI is InChI=1S/C21H21N3O/c1-15-9-11-18(12-10-15)22-21(25)24-14-17-6-3-4-7-20(17)23-13-5-8-19(23)16(24)2/h3-13,16H,14H2,1-2H3,(H,22,25). The van der Waals surface area contributed by atoms with E-state index in [1.54, 1.807) is 0 Å². The zero-order valence-electron chi connectivity index (χ0n) is 14.4. The third kappa shape index (κ3) is 2.80. The van der Waals surface area contributed by atoms with Crippen LogP contribution < -0.4 is 5.32 Å². The van der Waals surface area contributed by atoms with Gasteiger partial charge in [-0.1, -0.05) is 35.9 Å². The quantitative estimate of drug-likeness (QED) is 0.677. The predicted octanol–water partition coefficient (Wildman–Crippen LogP) is 4.89. The van der Waals surface area contributed by atoms with Gasteiger partial charge in [-0.3, -0.25) is 0 Å². The maximum Gasteiger partial charge on any atom is 0.322 e. The first-order valence-electron chi connectivity index (χ1n) is 8.53. The summed E-state index contributed by atoms with van der Waals surface area (Å²) in [6.45, 7) is 4.69. The van der Waals surface area contributed by atoms with E-state index in [9.17, 15) is 4.79 Å². The Hall–Kier alpha value is -3.01. The molecule has 1 atom stereocenters. The maximum absolute atomic E-state index is 13.0. The molecule has 0 aliphatic carbocycles. The number of nitrogens with one attached hydrogen (secondary N) is 1. The molecule has 0 fully saturated rings. The molecule has 1 aliphatic heterocycles. The summed E-state index contributed by atoms with van der Waals surface area (Å²) in [5.74, 6) is 0. The highest BCUT2D eigenvalue weighted by Gasteiger charge is 2.28. The summed E-state index contributed by atoms with van der Waals surface area (Å²) in [4.78, 5) is 14.8. The van der Waals surface area contributed by atoms with E-state index in [0.717, 1.165) is 22.6 Å². The number of carbonyl (C=O) groups excluding carboxylic acids is 1. The Morgan fingerprint density at radius 1 is 1.04 bits per heavy atom. The van der Waals surface area contributed by atoms with Gasteiger partial charge in [0.15, 0.2) is 0 Å². The van der Waals surface area contributed by atoms with Crippen molar-refractivity contribution >= 4 is 11.7 Å². The van der Waals surface area contributed by atoms with E-state index in [1.165, 1.54) is 5.56 Å². The van der Waals surface area contributed by atoms with Crippen molar-refractivity contribution in [1.29, 1.82) is 0 Å². The Balaban J connectivity index is 1.68. The second-order valence-corrected chi connectivity index (χ2v) is 6.53. The van der Waals surface area contributed by atoms with Gasteiger partial charge in [0.05, 0.1) is 18.3 Å². The molecule has 2 amide bonds. The van der Waals surface area contributed by atoms with Crippen molar-refractivity contribution in [3.8, 4) is 5.69 Å². The highest BCUT2D eigenvalue weighted by Crippen LogP contribution is 2.32. The lowest BCUT2D eigenvalue weighted by molar-refractivity contribution is 0.189. The number of amides is 2. The second kappa shape index (κ2) is 6.13. The van der Waals surface area contributed by atoms with E-state index in [1.807, 2.05) is 54.3 Å². The molecule has 0 radical (unpaired) electrons. The normalized spacial score (nSPS) is 15.9. The first kappa shape index (κ1) is 15.5. The molecule has 1 aliphatic rings. The van der Waals surface area contributed by atoms with E-state index in [2.05, 4.69) is 41.2 Å².